The van der Waals surface area contributed by atoms with Gasteiger partial charge in [-0.2, -0.15) is 0 Å². The molecule has 0 spiro atoms. The first-order valence-corrected chi connectivity index (χ1v) is 8.22. The fourth-order valence-corrected chi connectivity index (χ4v) is 2.49. The van der Waals surface area contributed by atoms with Gasteiger partial charge in [-0.05, 0) is 55.0 Å². The van der Waals surface area contributed by atoms with E-state index in [1.165, 1.54) is 6.07 Å². The minimum absolute atomic E-state index is 0.0823. The van der Waals surface area contributed by atoms with Gasteiger partial charge in [0.1, 0.15) is 16.9 Å². The predicted octanol–water partition coefficient (Wildman–Crippen LogP) is 4.49. The van der Waals surface area contributed by atoms with Crippen LogP contribution in [0.3, 0.4) is 0 Å². The Bertz CT molecular complexity index is 963. The van der Waals surface area contributed by atoms with Gasteiger partial charge in [-0.1, -0.05) is 18.5 Å². The molecular formula is C19H16ClNO4. The van der Waals surface area contributed by atoms with Crippen LogP contribution in [0.5, 0.6) is 5.75 Å². The first-order valence-electron chi connectivity index (χ1n) is 7.84. The molecule has 0 bridgehead atoms. The summed E-state index contributed by atoms with van der Waals surface area (Å²) in [4.78, 5) is 24.4. The van der Waals surface area contributed by atoms with Crippen LogP contribution in [-0.2, 0) is 0 Å². The van der Waals surface area contributed by atoms with E-state index < -0.39 is 11.5 Å². The number of benzene rings is 2. The smallest absolute Gasteiger partial charge is 0.349 e. The Morgan fingerprint density at radius 3 is 2.64 bits per heavy atom. The highest BCUT2D eigenvalue weighted by Crippen LogP contribution is 2.20. The molecule has 0 saturated carbocycles. The molecule has 0 aliphatic heterocycles. The van der Waals surface area contributed by atoms with Crippen molar-refractivity contribution in [1.29, 1.82) is 0 Å². The number of hydrogen-bond acceptors (Lipinski definition) is 4. The quantitative estimate of drug-likeness (QED) is 0.683. The summed E-state index contributed by atoms with van der Waals surface area (Å²) in [5, 5.41) is 3.75. The summed E-state index contributed by atoms with van der Waals surface area (Å²) in [6.07, 6.45) is 0.917. The molecule has 0 radical (unpaired) electrons. The number of anilines is 1. The highest BCUT2D eigenvalue weighted by Gasteiger charge is 2.14. The van der Waals surface area contributed by atoms with Crippen LogP contribution >= 0.6 is 11.6 Å². The molecule has 25 heavy (non-hydrogen) atoms. The second-order valence-electron chi connectivity index (χ2n) is 5.46. The van der Waals surface area contributed by atoms with Gasteiger partial charge in [0.15, 0.2) is 0 Å². The van der Waals surface area contributed by atoms with E-state index in [9.17, 15) is 9.59 Å². The van der Waals surface area contributed by atoms with Gasteiger partial charge in [0.05, 0.1) is 6.61 Å². The molecule has 2 aromatic carbocycles. The van der Waals surface area contributed by atoms with Gasteiger partial charge in [0.2, 0.25) is 0 Å². The first kappa shape index (κ1) is 17.0. The van der Waals surface area contributed by atoms with Crippen LogP contribution in [0.1, 0.15) is 23.7 Å². The largest absolute Gasteiger partial charge is 0.494 e. The average molecular weight is 358 g/mol. The molecule has 6 heteroatoms. The van der Waals surface area contributed by atoms with Crippen LogP contribution in [0.15, 0.2) is 57.7 Å². The maximum atomic E-state index is 12.4. The zero-order valence-corrected chi connectivity index (χ0v) is 14.3. The maximum Gasteiger partial charge on any atom is 0.349 e. The van der Waals surface area contributed by atoms with Crippen molar-refractivity contribution in [3.8, 4) is 5.75 Å². The molecule has 128 valence electrons. The summed E-state index contributed by atoms with van der Waals surface area (Å²) < 4.78 is 10.7. The third kappa shape index (κ3) is 4.00. The fraction of sp³-hybridized carbons (Fsp3) is 0.158. The molecule has 0 fully saturated rings. The Morgan fingerprint density at radius 1 is 1.16 bits per heavy atom. The lowest BCUT2D eigenvalue weighted by Gasteiger charge is -2.07. The van der Waals surface area contributed by atoms with Gasteiger partial charge in [-0.15, -0.1) is 0 Å². The van der Waals surface area contributed by atoms with E-state index in [1.807, 2.05) is 6.92 Å². The van der Waals surface area contributed by atoms with Crippen molar-refractivity contribution in [2.45, 2.75) is 13.3 Å². The molecule has 5 nitrogen and oxygen atoms in total. The molecule has 3 rings (SSSR count). The molecule has 1 N–H and O–H groups in total. The Kier molecular flexibility index (Phi) is 5.05. The Balaban J connectivity index is 1.82. The lowest BCUT2D eigenvalue weighted by molar-refractivity contribution is 0.102. The highest BCUT2D eigenvalue weighted by atomic mass is 35.5. The van der Waals surface area contributed by atoms with E-state index in [0.29, 0.717) is 28.3 Å². The van der Waals surface area contributed by atoms with Crippen molar-refractivity contribution in [1.82, 2.24) is 0 Å². The van der Waals surface area contributed by atoms with Crippen LogP contribution in [-0.4, -0.2) is 12.5 Å². The van der Waals surface area contributed by atoms with Crippen molar-refractivity contribution in [3.05, 3.63) is 69.5 Å². The number of nitrogens with one attached hydrogen (secondary N) is 1. The minimum atomic E-state index is -0.699. The number of hydrogen-bond donors (Lipinski definition) is 1. The number of rotatable bonds is 5. The third-order valence-electron chi connectivity index (χ3n) is 3.52. The van der Waals surface area contributed by atoms with Crippen molar-refractivity contribution < 1.29 is 13.9 Å². The summed E-state index contributed by atoms with van der Waals surface area (Å²) in [5.41, 5.74) is 0.152. The van der Waals surface area contributed by atoms with Crippen molar-refractivity contribution >= 4 is 34.2 Å². The number of carbonyl (C=O) groups excluding carboxylic acids is 1. The molecule has 1 amide bonds. The van der Waals surface area contributed by atoms with Crippen molar-refractivity contribution in [3.63, 3.8) is 0 Å². The van der Waals surface area contributed by atoms with Gasteiger partial charge < -0.3 is 14.5 Å². The zero-order valence-electron chi connectivity index (χ0n) is 13.5. The van der Waals surface area contributed by atoms with Crippen LogP contribution in [0, 0.1) is 0 Å². The zero-order chi connectivity index (χ0) is 17.8. The Hall–Kier alpha value is -2.79. The maximum absolute atomic E-state index is 12.4. The van der Waals surface area contributed by atoms with E-state index in [4.69, 9.17) is 20.8 Å². The lowest BCUT2D eigenvalue weighted by atomic mass is 10.1. The average Bonchev–Trinajstić information content (AvgIpc) is 2.61. The van der Waals surface area contributed by atoms with E-state index >= 15 is 0 Å². The normalized spacial score (nSPS) is 10.6. The summed E-state index contributed by atoms with van der Waals surface area (Å²) in [6.45, 7) is 2.66. The number of ether oxygens (including phenoxy) is 1. The molecule has 0 saturated heterocycles. The van der Waals surface area contributed by atoms with Gasteiger partial charge in [-0.25, -0.2) is 4.79 Å². The van der Waals surface area contributed by atoms with Gasteiger partial charge in [0, 0.05) is 16.1 Å². The number of amides is 1. The van der Waals surface area contributed by atoms with Crippen LogP contribution in [0.4, 0.5) is 5.69 Å². The van der Waals surface area contributed by atoms with E-state index in [-0.39, 0.29) is 5.56 Å². The van der Waals surface area contributed by atoms with Crippen LogP contribution in [0.25, 0.3) is 11.0 Å². The molecule has 0 aliphatic rings. The molecule has 0 aliphatic carbocycles. The molecular weight excluding hydrogens is 342 g/mol. The molecule has 1 aromatic heterocycles. The Labute approximate surface area is 149 Å². The van der Waals surface area contributed by atoms with Crippen LogP contribution < -0.4 is 15.7 Å². The van der Waals surface area contributed by atoms with E-state index in [2.05, 4.69) is 5.32 Å². The molecule has 1 heterocycles. The van der Waals surface area contributed by atoms with Crippen molar-refractivity contribution in [2.24, 2.45) is 0 Å². The Morgan fingerprint density at radius 2 is 1.92 bits per heavy atom. The monoisotopic (exact) mass is 357 g/mol. The summed E-state index contributed by atoms with van der Waals surface area (Å²) >= 11 is 5.94. The topological polar surface area (TPSA) is 68.5 Å². The standard InChI is InChI=1S/C19H16ClNO4/c1-2-9-24-15-6-4-14(5-7-15)21-18(22)16-11-12-10-13(20)3-8-17(12)25-19(16)23/h3-8,10-11H,2,9H2,1H3,(H,21,22). The third-order valence-corrected chi connectivity index (χ3v) is 3.76. The van der Waals surface area contributed by atoms with Crippen LogP contribution in [0.2, 0.25) is 5.02 Å². The number of carbonyl (C=O) groups is 1. The SMILES string of the molecule is CCCOc1ccc(NC(=O)c2cc3cc(Cl)ccc3oc2=O)cc1. The van der Waals surface area contributed by atoms with E-state index in [0.717, 1.165) is 12.2 Å². The second-order valence-corrected chi connectivity index (χ2v) is 5.89. The summed E-state index contributed by atoms with van der Waals surface area (Å²) in [6, 6.07) is 13.3. The van der Waals surface area contributed by atoms with E-state index in [1.54, 1.807) is 42.5 Å². The number of fused-ring (bicyclic) bond motifs is 1. The summed E-state index contributed by atoms with van der Waals surface area (Å²) in [7, 11) is 0. The molecule has 0 unspecified atom stereocenters. The lowest BCUT2D eigenvalue weighted by Crippen LogP contribution is -2.20. The predicted molar refractivity (Wildman–Crippen MR) is 97.7 cm³/mol. The minimum Gasteiger partial charge on any atom is -0.494 e. The first-order chi connectivity index (χ1) is 12.1. The summed E-state index contributed by atoms with van der Waals surface area (Å²) in [5.74, 6) is 0.178. The van der Waals surface area contributed by atoms with Gasteiger partial charge in [0.25, 0.3) is 5.91 Å². The number of halogens is 1. The fourth-order valence-electron chi connectivity index (χ4n) is 2.31. The highest BCUT2D eigenvalue weighted by molar-refractivity contribution is 6.31. The van der Waals surface area contributed by atoms with Crippen molar-refractivity contribution in [2.75, 3.05) is 11.9 Å². The molecule has 3 aromatic rings. The van der Waals surface area contributed by atoms with Gasteiger partial charge >= 0.3 is 5.63 Å². The second kappa shape index (κ2) is 7.40. The molecule has 0 atom stereocenters. The van der Waals surface area contributed by atoms with Gasteiger partial charge in [-0.3, -0.25) is 4.79 Å².